The number of nitrogen functional groups attached to an aromatic ring is 1. The molecule has 0 atom stereocenters. The second-order valence-corrected chi connectivity index (χ2v) is 7.33. The zero-order valence-electron chi connectivity index (χ0n) is 14.0. The number of anilines is 1. The number of thioether (sulfide) groups is 1. The van der Waals surface area contributed by atoms with E-state index >= 15 is 0 Å². The smallest absolute Gasteiger partial charge is 0.190 e. The molecule has 1 aromatic carbocycles. The summed E-state index contributed by atoms with van der Waals surface area (Å²) in [5.41, 5.74) is 8.65. The van der Waals surface area contributed by atoms with Crippen molar-refractivity contribution in [3.63, 3.8) is 0 Å². The topological polar surface area (TPSA) is 68.9 Å². The molecule has 3 rings (SSSR count). The van der Waals surface area contributed by atoms with Crippen molar-refractivity contribution in [2.45, 2.75) is 50.1 Å². The molecule has 1 aromatic heterocycles. The van der Waals surface area contributed by atoms with E-state index in [-0.39, 0.29) is 5.78 Å². The summed E-state index contributed by atoms with van der Waals surface area (Å²) in [6, 6.07) is 9.87. The van der Waals surface area contributed by atoms with Crippen LogP contribution < -0.4 is 5.73 Å². The van der Waals surface area contributed by atoms with Crippen molar-refractivity contribution in [2.75, 3.05) is 11.5 Å². The first-order chi connectivity index (χ1) is 11.6. The second-order valence-electron chi connectivity index (χ2n) is 6.39. The molecule has 5 heteroatoms. The van der Waals surface area contributed by atoms with Gasteiger partial charge in [0.1, 0.15) is 5.82 Å². The average molecular weight is 341 g/mol. The molecule has 1 aliphatic rings. The number of nitrogens with two attached hydrogens (primary N) is 1. The molecule has 2 aromatic rings. The number of carbonyl (C=O) groups excluding carboxylic acids is 1. The quantitative estimate of drug-likeness (QED) is 0.496. The molecule has 0 spiro atoms. The molecule has 1 saturated carbocycles. The molecular formula is C19H23N3OS. The molecule has 0 amide bonds. The fraction of sp³-hybridized carbons (Fsp3) is 0.421. The molecular weight excluding hydrogens is 318 g/mol. The normalized spacial score (nSPS) is 15.4. The minimum absolute atomic E-state index is 0.0962. The van der Waals surface area contributed by atoms with Gasteiger partial charge in [0.2, 0.25) is 0 Å². The van der Waals surface area contributed by atoms with Crippen molar-refractivity contribution in [3.8, 4) is 0 Å². The van der Waals surface area contributed by atoms with Gasteiger partial charge in [-0.1, -0.05) is 55.3 Å². The van der Waals surface area contributed by atoms with Crippen molar-refractivity contribution in [1.29, 1.82) is 0 Å². The van der Waals surface area contributed by atoms with Crippen molar-refractivity contribution in [3.05, 3.63) is 47.2 Å². The molecule has 1 heterocycles. The molecule has 0 saturated heterocycles. The summed E-state index contributed by atoms with van der Waals surface area (Å²) in [6.45, 7) is 1.87. The number of nitrogens with zero attached hydrogens (tertiary/aromatic N) is 2. The van der Waals surface area contributed by atoms with Crippen LogP contribution in [0.2, 0.25) is 0 Å². The van der Waals surface area contributed by atoms with Crippen molar-refractivity contribution >= 4 is 23.4 Å². The van der Waals surface area contributed by atoms with Crippen LogP contribution in [0, 0.1) is 6.92 Å². The second kappa shape index (κ2) is 7.79. The van der Waals surface area contributed by atoms with Gasteiger partial charge >= 0.3 is 0 Å². The third-order valence-corrected chi connectivity index (χ3v) is 5.34. The number of hydrogen-bond acceptors (Lipinski definition) is 5. The van der Waals surface area contributed by atoms with E-state index < -0.39 is 0 Å². The van der Waals surface area contributed by atoms with Crippen LogP contribution in [0.5, 0.6) is 0 Å². The van der Waals surface area contributed by atoms with Gasteiger partial charge in [0.25, 0.3) is 0 Å². The summed E-state index contributed by atoms with van der Waals surface area (Å²) in [4.78, 5) is 20.8. The van der Waals surface area contributed by atoms with Gasteiger partial charge in [0, 0.05) is 17.3 Å². The van der Waals surface area contributed by atoms with E-state index in [4.69, 9.17) is 5.73 Å². The number of carbonyl (C=O) groups is 1. The molecule has 126 valence electrons. The van der Waals surface area contributed by atoms with Gasteiger partial charge in [-0.25, -0.2) is 9.97 Å². The van der Waals surface area contributed by atoms with Crippen LogP contribution in [0.1, 0.15) is 59.6 Å². The van der Waals surface area contributed by atoms with Crippen LogP contribution in [0.15, 0.2) is 35.5 Å². The molecule has 1 aliphatic carbocycles. The fourth-order valence-electron chi connectivity index (χ4n) is 3.22. The van der Waals surface area contributed by atoms with E-state index in [2.05, 4.69) is 22.1 Å². The number of benzene rings is 1. The Balaban J connectivity index is 1.60. The number of aryl methyl sites for hydroxylation is 1. The van der Waals surface area contributed by atoms with Gasteiger partial charge in [-0.3, -0.25) is 4.79 Å². The summed E-state index contributed by atoms with van der Waals surface area (Å²) < 4.78 is 0. The summed E-state index contributed by atoms with van der Waals surface area (Å²) in [5, 5.41) is 0.555. The Morgan fingerprint density at radius 3 is 2.54 bits per heavy atom. The fourth-order valence-corrected chi connectivity index (χ4v) is 4.03. The monoisotopic (exact) mass is 341 g/mol. The largest absolute Gasteiger partial charge is 0.384 e. The van der Waals surface area contributed by atoms with Gasteiger partial charge in [-0.05, 0) is 31.2 Å². The standard InChI is InChI=1S/C19H23N3OS/c1-13-11-18(20)22-19(21-13)24-12-17(23)16-9-7-15(8-10-16)14-5-3-2-4-6-14/h7-11,14H,2-6,12H2,1H3,(H2,20,21,22). The maximum absolute atomic E-state index is 12.4. The van der Waals surface area contributed by atoms with Gasteiger partial charge in [-0.2, -0.15) is 0 Å². The first-order valence-electron chi connectivity index (χ1n) is 8.49. The molecule has 1 fully saturated rings. The van der Waals surface area contributed by atoms with Crippen molar-refractivity contribution in [2.24, 2.45) is 0 Å². The minimum Gasteiger partial charge on any atom is -0.384 e. The summed E-state index contributed by atoms with van der Waals surface area (Å²) in [7, 11) is 0. The van der Waals surface area contributed by atoms with Crippen LogP contribution in [-0.2, 0) is 0 Å². The number of ketones is 1. The number of aromatic nitrogens is 2. The van der Waals surface area contributed by atoms with Gasteiger partial charge in [0.05, 0.1) is 5.75 Å². The molecule has 0 bridgehead atoms. The first kappa shape index (κ1) is 17.0. The number of hydrogen-bond donors (Lipinski definition) is 1. The maximum atomic E-state index is 12.4. The van der Waals surface area contributed by atoms with Gasteiger partial charge < -0.3 is 5.73 Å². The molecule has 0 radical (unpaired) electrons. The lowest BCUT2D eigenvalue weighted by Gasteiger charge is -2.22. The van der Waals surface area contributed by atoms with Crippen LogP contribution in [0.4, 0.5) is 5.82 Å². The molecule has 0 unspecified atom stereocenters. The highest BCUT2D eigenvalue weighted by molar-refractivity contribution is 7.99. The zero-order chi connectivity index (χ0) is 16.9. The first-order valence-corrected chi connectivity index (χ1v) is 9.47. The lowest BCUT2D eigenvalue weighted by molar-refractivity contribution is 0.102. The Hall–Kier alpha value is -1.88. The summed E-state index contributed by atoms with van der Waals surface area (Å²) in [6.07, 6.45) is 6.55. The van der Waals surface area contributed by atoms with E-state index in [0.717, 1.165) is 11.3 Å². The molecule has 2 N–H and O–H groups in total. The predicted octanol–water partition coefficient (Wildman–Crippen LogP) is 4.39. The van der Waals surface area contributed by atoms with Crippen LogP contribution in [0.25, 0.3) is 0 Å². The van der Waals surface area contributed by atoms with Crippen LogP contribution in [-0.4, -0.2) is 21.5 Å². The molecule has 4 nitrogen and oxygen atoms in total. The Morgan fingerprint density at radius 1 is 1.17 bits per heavy atom. The third-order valence-electron chi connectivity index (χ3n) is 4.50. The number of Topliss-reactive ketones (excluding diaryl/α,β-unsaturated/α-hetero) is 1. The van der Waals surface area contributed by atoms with Crippen molar-refractivity contribution in [1.82, 2.24) is 9.97 Å². The Morgan fingerprint density at radius 2 is 1.88 bits per heavy atom. The third kappa shape index (κ3) is 4.35. The van der Waals surface area contributed by atoms with Crippen LogP contribution in [0.3, 0.4) is 0 Å². The Kier molecular flexibility index (Phi) is 5.51. The summed E-state index contributed by atoms with van der Waals surface area (Å²) >= 11 is 1.33. The Labute approximate surface area is 147 Å². The average Bonchev–Trinajstić information content (AvgIpc) is 2.60. The highest BCUT2D eigenvalue weighted by Crippen LogP contribution is 2.32. The Bertz CT molecular complexity index is 689. The number of rotatable bonds is 5. The highest BCUT2D eigenvalue weighted by Gasteiger charge is 2.16. The van der Waals surface area contributed by atoms with Gasteiger partial charge in [0.15, 0.2) is 10.9 Å². The van der Waals surface area contributed by atoms with Gasteiger partial charge in [-0.15, -0.1) is 0 Å². The van der Waals surface area contributed by atoms with Crippen LogP contribution >= 0.6 is 11.8 Å². The SMILES string of the molecule is Cc1cc(N)nc(SCC(=O)c2ccc(C3CCCCC3)cc2)n1. The molecule has 0 aliphatic heterocycles. The van der Waals surface area contributed by atoms with E-state index in [1.54, 1.807) is 6.07 Å². The maximum Gasteiger partial charge on any atom is 0.190 e. The zero-order valence-corrected chi connectivity index (χ0v) is 14.8. The lowest BCUT2D eigenvalue weighted by atomic mass is 9.84. The van der Waals surface area contributed by atoms with E-state index in [0.29, 0.717) is 22.6 Å². The van der Waals surface area contributed by atoms with E-state index in [1.807, 2.05) is 19.1 Å². The minimum atomic E-state index is 0.0962. The predicted molar refractivity (Wildman–Crippen MR) is 98.5 cm³/mol. The van der Waals surface area contributed by atoms with E-state index in [1.165, 1.54) is 49.4 Å². The highest BCUT2D eigenvalue weighted by atomic mass is 32.2. The van der Waals surface area contributed by atoms with Crippen molar-refractivity contribution < 1.29 is 4.79 Å². The lowest BCUT2D eigenvalue weighted by Crippen LogP contribution is -2.07. The summed E-state index contributed by atoms with van der Waals surface area (Å²) in [5.74, 6) is 1.53. The van der Waals surface area contributed by atoms with E-state index in [9.17, 15) is 4.79 Å². The molecule has 24 heavy (non-hydrogen) atoms.